The Morgan fingerprint density at radius 1 is 1.26 bits per heavy atom. The van der Waals surface area contributed by atoms with E-state index in [1.54, 1.807) is 32.9 Å². The zero-order chi connectivity index (χ0) is 17.2. The van der Waals surface area contributed by atoms with Crippen molar-refractivity contribution in [3.8, 4) is 0 Å². The summed E-state index contributed by atoms with van der Waals surface area (Å²) in [4.78, 5) is 25.5. The number of carbonyl (C=O) groups excluding carboxylic acids is 1. The van der Waals surface area contributed by atoms with Crippen LogP contribution in [0.15, 0.2) is 24.3 Å². The molecule has 1 aliphatic rings. The van der Waals surface area contributed by atoms with Gasteiger partial charge in [-0.05, 0) is 51.3 Å². The van der Waals surface area contributed by atoms with Gasteiger partial charge in [-0.15, -0.1) is 0 Å². The Labute approximate surface area is 141 Å². The molecule has 126 valence electrons. The number of carboxylic acids is 1. The molecule has 23 heavy (non-hydrogen) atoms. The number of rotatable bonds is 2. The number of hydrogen-bond donors (Lipinski definition) is 1. The molecule has 2 rings (SSSR count). The van der Waals surface area contributed by atoms with Gasteiger partial charge in [0.25, 0.3) is 0 Å². The van der Waals surface area contributed by atoms with Gasteiger partial charge in [-0.2, -0.15) is 0 Å². The summed E-state index contributed by atoms with van der Waals surface area (Å²) in [6, 6.07) is 6.19. The zero-order valence-corrected chi connectivity index (χ0v) is 14.3. The minimum absolute atomic E-state index is 0.272. The van der Waals surface area contributed by atoms with E-state index < -0.39 is 23.7 Å². The number of carbonyl (C=O) groups is 2. The molecular weight excluding hydrogens is 318 g/mol. The van der Waals surface area contributed by atoms with Crippen LogP contribution in [0, 0.1) is 0 Å². The summed E-state index contributed by atoms with van der Waals surface area (Å²) in [5.74, 6) is -1.29. The molecule has 1 fully saturated rings. The van der Waals surface area contributed by atoms with Crippen molar-refractivity contribution >= 4 is 23.7 Å². The molecule has 0 unspecified atom stereocenters. The number of amides is 1. The van der Waals surface area contributed by atoms with Crippen LogP contribution in [-0.2, 0) is 9.53 Å². The summed E-state index contributed by atoms with van der Waals surface area (Å²) in [6.45, 7) is 5.68. The summed E-state index contributed by atoms with van der Waals surface area (Å²) >= 11 is 5.90. The predicted octanol–water partition coefficient (Wildman–Crippen LogP) is 3.91. The highest BCUT2D eigenvalue weighted by Crippen LogP contribution is 2.34. The third kappa shape index (κ3) is 4.38. The standard InChI is InChI=1S/C17H22ClNO4/c1-17(2,3)23-16(22)19-10-4-5-13(14(19)15(20)21)11-6-8-12(18)9-7-11/h6-9,13-14H,4-5,10H2,1-3H3,(H,20,21)/t13-,14-/m0/s1. The Bertz CT molecular complexity index is 579. The fraction of sp³-hybridized carbons (Fsp3) is 0.529. The SMILES string of the molecule is CC(C)(C)OC(=O)N1CCC[C@@H](c2ccc(Cl)cc2)[C@H]1C(=O)O. The quantitative estimate of drug-likeness (QED) is 0.887. The van der Waals surface area contributed by atoms with Crippen LogP contribution in [0.2, 0.25) is 5.02 Å². The molecule has 0 saturated carbocycles. The van der Waals surface area contributed by atoms with Gasteiger partial charge in [0.15, 0.2) is 0 Å². The number of hydrogen-bond acceptors (Lipinski definition) is 3. The molecule has 1 aromatic rings. The summed E-state index contributed by atoms with van der Waals surface area (Å²) in [6.07, 6.45) is 0.859. The highest BCUT2D eigenvalue weighted by molar-refractivity contribution is 6.30. The van der Waals surface area contributed by atoms with Gasteiger partial charge in [-0.3, -0.25) is 4.90 Å². The molecule has 2 atom stereocenters. The molecule has 0 radical (unpaired) electrons. The fourth-order valence-corrected chi connectivity index (χ4v) is 3.01. The molecule has 5 nitrogen and oxygen atoms in total. The topological polar surface area (TPSA) is 66.8 Å². The van der Waals surface area contributed by atoms with Crippen LogP contribution in [0.5, 0.6) is 0 Å². The van der Waals surface area contributed by atoms with E-state index in [4.69, 9.17) is 16.3 Å². The maximum atomic E-state index is 12.4. The Balaban J connectivity index is 2.28. The second kappa shape index (κ2) is 6.79. The van der Waals surface area contributed by atoms with Crippen LogP contribution in [0.4, 0.5) is 4.79 Å². The van der Waals surface area contributed by atoms with Gasteiger partial charge in [0.1, 0.15) is 11.6 Å². The molecule has 1 aromatic carbocycles. The minimum atomic E-state index is -1.02. The van der Waals surface area contributed by atoms with Gasteiger partial charge in [0.2, 0.25) is 0 Å². The third-order valence-electron chi connectivity index (χ3n) is 3.81. The second-order valence-electron chi connectivity index (χ2n) is 6.76. The molecule has 1 aliphatic heterocycles. The molecular formula is C17H22ClNO4. The number of benzene rings is 1. The number of carboxylic acid groups (broad SMARTS) is 1. The van der Waals surface area contributed by atoms with E-state index in [2.05, 4.69) is 0 Å². The molecule has 6 heteroatoms. The number of halogens is 1. The van der Waals surface area contributed by atoms with E-state index >= 15 is 0 Å². The van der Waals surface area contributed by atoms with Gasteiger partial charge in [-0.25, -0.2) is 9.59 Å². The largest absolute Gasteiger partial charge is 0.480 e. The highest BCUT2D eigenvalue weighted by atomic mass is 35.5. The van der Waals surface area contributed by atoms with Crippen LogP contribution in [0.25, 0.3) is 0 Å². The number of piperidine rings is 1. The normalized spacial score (nSPS) is 21.8. The van der Waals surface area contributed by atoms with Crippen molar-refractivity contribution in [2.75, 3.05) is 6.54 Å². The summed E-state index contributed by atoms with van der Waals surface area (Å²) < 4.78 is 5.36. The van der Waals surface area contributed by atoms with E-state index in [1.165, 1.54) is 4.90 Å². The van der Waals surface area contributed by atoms with Gasteiger partial charge < -0.3 is 9.84 Å². The van der Waals surface area contributed by atoms with Gasteiger partial charge >= 0.3 is 12.1 Å². The van der Waals surface area contributed by atoms with Crippen LogP contribution in [0.3, 0.4) is 0 Å². The average molecular weight is 340 g/mol. The van der Waals surface area contributed by atoms with Gasteiger partial charge in [0, 0.05) is 17.5 Å². The van der Waals surface area contributed by atoms with Gasteiger partial charge in [0.05, 0.1) is 0 Å². The Hall–Kier alpha value is -1.75. The number of aliphatic carboxylic acids is 1. The lowest BCUT2D eigenvalue weighted by Gasteiger charge is -2.39. The minimum Gasteiger partial charge on any atom is -0.480 e. The Morgan fingerprint density at radius 2 is 1.87 bits per heavy atom. The lowest BCUT2D eigenvalue weighted by atomic mass is 9.83. The fourth-order valence-electron chi connectivity index (χ4n) is 2.89. The van der Waals surface area contributed by atoms with Crippen molar-refractivity contribution in [2.24, 2.45) is 0 Å². The smallest absolute Gasteiger partial charge is 0.411 e. The highest BCUT2D eigenvalue weighted by Gasteiger charge is 2.41. The van der Waals surface area contributed by atoms with Crippen LogP contribution in [0.1, 0.15) is 45.1 Å². The maximum Gasteiger partial charge on any atom is 0.411 e. The Kier molecular flexibility index (Phi) is 5.19. The first-order valence-corrected chi connectivity index (χ1v) is 8.05. The van der Waals surface area contributed by atoms with Crippen LogP contribution in [-0.4, -0.2) is 40.3 Å². The molecule has 1 saturated heterocycles. The molecule has 0 aromatic heterocycles. The first-order chi connectivity index (χ1) is 10.7. The first kappa shape index (κ1) is 17.6. The van der Waals surface area contributed by atoms with E-state index in [0.717, 1.165) is 12.0 Å². The van der Waals surface area contributed by atoms with E-state index in [9.17, 15) is 14.7 Å². The predicted molar refractivity (Wildman–Crippen MR) is 87.8 cm³/mol. The summed E-state index contributed by atoms with van der Waals surface area (Å²) in [7, 11) is 0. The zero-order valence-electron chi connectivity index (χ0n) is 13.6. The lowest BCUT2D eigenvalue weighted by Crippen LogP contribution is -2.53. The molecule has 1 heterocycles. The van der Waals surface area contributed by atoms with Crippen molar-refractivity contribution in [2.45, 2.75) is 51.2 Å². The summed E-state index contributed by atoms with van der Waals surface area (Å²) in [5, 5.41) is 10.3. The van der Waals surface area contributed by atoms with Crippen molar-refractivity contribution < 1.29 is 19.4 Å². The van der Waals surface area contributed by atoms with Crippen molar-refractivity contribution in [3.63, 3.8) is 0 Å². The van der Waals surface area contributed by atoms with E-state index in [-0.39, 0.29) is 5.92 Å². The number of ether oxygens (including phenoxy) is 1. The first-order valence-electron chi connectivity index (χ1n) is 7.67. The third-order valence-corrected chi connectivity index (χ3v) is 4.06. The lowest BCUT2D eigenvalue weighted by molar-refractivity contribution is -0.145. The van der Waals surface area contributed by atoms with Crippen LogP contribution >= 0.6 is 11.6 Å². The van der Waals surface area contributed by atoms with E-state index in [0.29, 0.717) is 18.0 Å². The maximum absolute atomic E-state index is 12.4. The van der Waals surface area contributed by atoms with Gasteiger partial charge in [-0.1, -0.05) is 23.7 Å². The van der Waals surface area contributed by atoms with E-state index in [1.807, 2.05) is 12.1 Å². The monoisotopic (exact) mass is 339 g/mol. The van der Waals surface area contributed by atoms with Crippen molar-refractivity contribution in [3.05, 3.63) is 34.9 Å². The van der Waals surface area contributed by atoms with Crippen LogP contribution < -0.4 is 0 Å². The molecule has 1 N–H and O–H groups in total. The molecule has 0 aliphatic carbocycles. The second-order valence-corrected chi connectivity index (χ2v) is 7.19. The molecule has 0 spiro atoms. The van der Waals surface area contributed by atoms with Crippen molar-refractivity contribution in [1.82, 2.24) is 4.90 Å². The molecule has 0 bridgehead atoms. The van der Waals surface area contributed by atoms with Crippen molar-refractivity contribution in [1.29, 1.82) is 0 Å². The average Bonchev–Trinajstić information content (AvgIpc) is 2.45. The number of nitrogens with zero attached hydrogens (tertiary/aromatic N) is 1. The molecule has 1 amide bonds. The Morgan fingerprint density at radius 3 is 2.39 bits per heavy atom. The summed E-state index contributed by atoms with van der Waals surface area (Å²) in [5.41, 5.74) is 0.211. The number of likely N-dealkylation sites (tertiary alicyclic amines) is 1.